The summed E-state index contributed by atoms with van der Waals surface area (Å²) in [6.07, 6.45) is 4.23. The van der Waals surface area contributed by atoms with E-state index in [1.54, 1.807) is 11.3 Å². The molecule has 1 aliphatic carbocycles. The summed E-state index contributed by atoms with van der Waals surface area (Å²) in [5.41, 5.74) is 2.41. The van der Waals surface area contributed by atoms with Gasteiger partial charge in [0.25, 0.3) is 5.91 Å². The molecule has 1 aliphatic heterocycles. The van der Waals surface area contributed by atoms with Gasteiger partial charge in [-0.05, 0) is 53.6 Å². The lowest BCUT2D eigenvalue weighted by Gasteiger charge is -2.44. The smallest absolute Gasteiger partial charge is 0.254 e. The van der Waals surface area contributed by atoms with Gasteiger partial charge in [-0.25, -0.2) is 0 Å². The number of benzene rings is 2. The molecule has 3 aromatic rings. The van der Waals surface area contributed by atoms with E-state index in [-0.39, 0.29) is 23.9 Å². The molecule has 2 atom stereocenters. The minimum absolute atomic E-state index is 0.0461. The van der Waals surface area contributed by atoms with E-state index in [9.17, 15) is 9.59 Å². The Hall–Kier alpha value is -2.63. The average molecular weight is 465 g/mol. The minimum atomic E-state index is -0.456. The van der Waals surface area contributed by atoms with Gasteiger partial charge in [-0.1, -0.05) is 60.8 Å². The SMILES string of the molecule is O=C(NCc1cccc(Cl)c1)C1c2ccccc2C(=O)N(C2CCCC2)C1c1cccs1. The van der Waals surface area contributed by atoms with Crippen molar-refractivity contribution in [2.45, 2.75) is 50.2 Å². The lowest BCUT2D eigenvalue weighted by atomic mass is 9.80. The second kappa shape index (κ2) is 9.08. The van der Waals surface area contributed by atoms with Crippen LogP contribution in [-0.2, 0) is 11.3 Å². The number of carbonyl (C=O) groups is 2. The summed E-state index contributed by atoms with van der Waals surface area (Å²) in [6.45, 7) is 0.395. The first kappa shape index (κ1) is 21.2. The van der Waals surface area contributed by atoms with Crippen molar-refractivity contribution >= 4 is 34.8 Å². The summed E-state index contributed by atoms with van der Waals surface area (Å²) in [6, 6.07) is 19.0. The van der Waals surface area contributed by atoms with Crippen LogP contribution in [0.15, 0.2) is 66.0 Å². The van der Waals surface area contributed by atoms with Crippen LogP contribution >= 0.6 is 22.9 Å². The van der Waals surface area contributed by atoms with Crippen LogP contribution in [0.3, 0.4) is 0 Å². The molecule has 0 spiro atoms. The highest BCUT2D eigenvalue weighted by molar-refractivity contribution is 7.10. The molecule has 4 nitrogen and oxygen atoms in total. The molecular formula is C26H25ClN2O2S. The number of nitrogens with zero attached hydrogens (tertiary/aromatic N) is 1. The van der Waals surface area contributed by atoms with Gasteiger partial charge >= 0.3 is 0 Å². The number of rotatable bonds is 5. The van der Waals surface area contributed by atoms with Crippen LogP contribution in [0.4, 0.5) is 0 Å². The summed E-state index contributed by atoms with van der Waals surface area (Å²) < 4.78 is 0. The van der Waals surface area contributed by atoms with Gasteiger partial charge in [-0.15, -0.1) is 11.3 Å². The molecule has 1 aromatic heterocycles. The first-order chi connectivity index (χ1) is 15.6. The average Bonchev–Trinajstić information content (AvgIpc) is 3.52. The molecule has 2 aliphatic rings. The highest BCUT2D eigenvalue weighted by Crippen LogP contribution is 2.47. The van der Waals surface area contributed by atoms with Crippen molar-refractivity contribution in [3.8, 4) is 0 Å². The van der Waals surface area contributed by atoms with Gasteiger partial charge < -0.3 is 10.2 Å². The zero-order valence-corrected chi connectivity index (χ0v) is 19.2. The van der Waals surface area contributed by atoms with Crippen molar-refractivity contribution in [2.75, 3.05) is 0 Å². The van der Waals surface area contributed by atoms with E-state index in [0.29, 0.717) is 17.1 Å². The topological polar surface area (TPSA) is 49.4 Å². The summed E-state index contributed by atoms with van der Waals surface area (Å²) in [5, 5.41) is 5.79. The number of thiophene rings is 1. The van der Waals surface area contributed by atoms with Gasteiger partial charge in [-0.2, -0.15) is 0 Å². The molecule has 164 valence electrons. The molecule has 1 N–H and O–H groups in total. The fourth-order valence-corrected chi connectivity index (χ4v) is 6.20. The number of carbonyl (C=O) groups excluding carboxylic acids is 2. The third-order valence-electron chi connectivity index (χ3n) is 6.57. The van der Waals surface area contributed by atoms with E-state index in [0.717, 1.165) is 41.7 Å². The predicted octanol–water partition coefficient (Wildman–Crippen LogP) is 5.94. The standard InChI is InChI=1S/C26H25ClN2O2S/c27-18-8-5-7-17(15-18)16-28-25(30)23-20-11-3-4-12-21(20)26(31)29(19-9-1-2-10-19)24(23)22-13-6-14-32-22/h3-8,11-15,19,23-24H,1-2,9-10,16H2,(H,28,30). The minimum Gasteiger partial charge on any atom is -0.351 e. The Balaban J connectivity index is 1.54. The van der Waals surface area contributed by atoms with Gasteiger partial charge in [-0.3, -0.25) is 9.59 Å². The van der Waals surface area contributed by atoms with E-state index < -0.39 is 5.92 Å². The maximum atomic E-state index is 13.7. The molecule has 0 bridgehead atoms. The summed E-state index contributed by atoms with van der Waals surface area (Å²) in [7, 11) is 0. The maximum Gasteiger partial charge on any atom is 0.254 e. The molecule has 6 heteroatoms. The molecular weight excluding hydrogens is 440 g/mol. The Morgan fingerprint density at radius 3 is 2.62 bits per heavy atom. The third-order valence-corrected chi connectivity index (χ3v) is 7.75. The Morgan fingerprint density at radius 1 is 1.06 bits per heavy atom. The van der Waals surface area contributed by atoms with E-state index in [1.165, 1.54) is 0 Å². The summed E-state index contributed by atoms with van der Waals surface area (Å²) in [4.78, 5) is 30.5. The Labute approximate surface area is 197 Å². The van der Waals surface area contributed by atoms with E-state index in [4.69, 9.17) is 11.6 Å². The number of hydrogen-bond donors (Lipinski definition) is 1. The molecule has 1 saturated carbocycles. The van der Waals surface area contributed by atoms with Crippen molar-refractivity contribution in [3.63, 3.8) is 0 Å². The quantitative estimate of drug-likeness (QED) is 0.507. The number of nitrogens with one attached hydrogen (secondary N) is 1. The molecule has 5 rings (SSSR count). The van der Waals surface area contributed by atoms with Gasteiger partial charge in [0.1, 0.15) is 0 Å². The van der Waals surface area contributed by atoms with Crippen LogP contribution in [0, 0.1) is 0 Å². The van der Waals surface area contributed by atoms with Crippen molar-refractivity contribution in [2.24, 2.45) is 0 Å². The second-order valence-electron chi connectivity index (χ2n) is 8.52. The molecule has 2 unspecified atom stereocenters. The van der Waals surface area contributed by atoms with Crippen LogP contribution in [0.2, 0.25) is 5.02 Å². The highest BCUT2D eigenvalue weighted by Gasteiger charge is 2.47. The first-order valence-corrected chi connectivity index (χ1v) is 12.4. The fraction of sp³-hybridized carbons (Fsp3) is 0.308. The Bertz CT molecular complexity index is 1120. The van der Waals surface area contributed by atoms with Crippen LogP contribution in [-0.4, -0.2) is 22.8 Å². The van der Waals surface area contributed by atoms with Crippen molar-refractivity contribution in [1.82, 2.24) is 10.2 Å². The summed E-state index contributed by atoms with van der Waals surface area (Å²) in [5.74, 6) is -0.474. The number of halogens is 1. The van der Waals surface area contributed by atoms with E-state index >= 15 is 0 Å². The molecule has 2 amide bonds. The molecule has 2 aromatic carbocycles. The number of amides is 2. The van der Waals surface area contributed by atoms with Crippen LogP contribution in [0.5, 0.6) is 0 Å². The van der Waals surface area contributed by atoms with Crippen LogP contribution < -0.4 is 5.32 Å². The second-order valence-corrected chi connectivity index (χ2v) is 9.94. The van der Waals surface area contributed by atoms with Crippen molar-refractivity contribution in [3.05, 3.63) is 92.6 Å². The first-order valence-electron chi connectivity index (χ1n) is 11.1. The van der Waals surface area contributed by atoms with Crippen molar-refractivity contribution < 1.29 is 9.59 Å². The van der Waals surface area contributed by atoms with Gasteiger partial charge in [0.2, 0.25) is 5.91 Å². The predicted molar refractivity (Wildman–Crippen MR) is 128 cm³/mol. The van der Waals surface area contributed by atoms with E-state index in [2.05, 4.69) is 11.4 Å². The van der Waals surface area contributed by atoms with E-state index in [1.807, 2.05) is 64.9 Å². The van der Waals surface area contributed by atoms with Crippen LogP contribution in [0.25, 0.3) is 0 Å². The largest absolute Gasteiger partial charge is 0.351 e. The van der Waals surface area contributed by atoms with Gasteiger partial charge in [0.05, 0.1) is 12.0 Å². The molecule has 32 heavy (non-hydrogen) atoms. The van der Waals surface area contributed by atoms with Crippen molar-refractivity contribution in [1.29, 1.82) is 0 Å². The monoisotopic (exact) mass is 464 g/mol. The van der Waals surface area contributed by atoms with Crippen LogP contribution in [0.1, 0.15) is 64.0 Å². The molecule has 2 heterocycles. The Kier molecular flexibility index (Phi) is 6.03. The number of fused-ring (bicyclic) bond motifs is 1. The molecule has 0 radical (unpaired) electrons. The molecule has 1 fully saturated rings. The normalized spacial score (nSPS) is 20.9. The molecule has 0 saturated heterocycles. The zero-order valence-electron chi connectivity index (χ0n) is 17.7. The number of hydrogen-bond acceptors (Lipinski definition) is 3. The lowest BCUT2D eigenvalue weighted by Crippen LogP contribution is -2.50. The highest BCUT2D eigenvalue weighted by atomic mass is 35.5. The van der Waals surface area contributed by atoms with Gasteiger partial charge in [0, 0.05) is 28.0 Å². The summed E-state index contributed by atoms with van der Waals surface area (Å²) >= 11 is 7.73. The maximum absolute atomic E-state index is 13.7. The lowest BCUT2D eigenvalue weighted by molar-refractivity contribution is -0.124. The fourth-order valence-electron chi connectivity index (χ4n) is 5.13. The third kappa shape index (κ3) is 3.96. The Morgan fingerprint density at radius 2 is 1.88 bits per heavy atom. The van der Waals surface area contributed by atoms with Gasteiger partial charge in [0.15, 0.2) is 0 Å². The zero-order chi connectivity index (χ0) is 22.1.